The highest BCUT2D eigenvalue weighted by molar-refractivity contribution is 8.00. The summed E-state index contributed by atoms with van der Waals surface area (Å²) in [4.78, 5) is 74.3. The fraction of sp³-hybridized carbons (Fsp3) is 0.452. The summed E-state index contributed by atoms with van der Waals surface area (Å²) >= 11 is 8.36. The molecule has 20 heteroatoms. The summed E-state index contributed by atoms with van der Waals surface area (Å²) in [6.45, 7) is 4.89. The Morgan fingerprint density at radius 3 is 2.51 bits per heavy atom. The number of β-lactam (4-membered cyclic amide) rings is 1. The van der Waals surface area contributed by atoms with Crippen molar-refractivity contribution in [3.63, 3.8) is 0 Å². The van der Waals surface area contributed by atoms with E-state index >= 15 is 0 Å². The third-order valence-corrected chi connectivity index (χ3v) is 11.3. The van der Waals surface area contributed by atoms with Crippen LogP contribution in [-0.4, -0.2) is 126 Å². The third-order valence-electron chi connectivity index (χ3n) is 8.90. The number of benzene rings is 1. The molecule has 0 bridgehead atoms. The highest BCUT2D eigenvalue weighted by atomic mass is 35.5. The minimum absolute atomic E-state index is 0.000528. The molecule has 2 fully saturated rings. The summed E-state index contributed by atoms with van der Waals surface area (Å²) in [6, 6.07) is 1.34. The maximum atomic E-state index is 13.5. The van der Waals surface area contributed by atoms with Gasteiger partial charge < -0.3 is 46.1 Å². The van der Waals surface area contributed by atoms with Crippen LogP contribution in [0, 0.1) is 0 Å². The molecule has 0 spiro atoms. The van der Waals surface area contributed by atoms with Crippen LogP contribution in [0.1, 0.15) is 49.2 Å². The highest BCUT2D eigenvalue weighted by Gasteiger charge is 2.55. The molecule has 0 saturated carbocycles. The predicted molar refractivity (Wildman–Crippen MR) is 186 cm³/mol. The van der Waals surface area contributed by atoms with Crippen molar-refractivity contribution in [1.82, 2.24) is 20.5 Å². The summed E-state index contributed by atoms with van der Waals surface area (Å²) in [7, 11) is 0. The standard InChI is InChI=1S/C31H36ClN7O10S2/c1-31(2,29(47)48)49-37-20(17-14-51-30(33)35-17)25(43)36-21-26(44)38-22(28(45)46)15(13-50-27(21)38)12-39(9-4-3-5-10-39)11-8-34-24(42)16-6-7-18(40)23(41)19(16)32/h6-7,14,21,27H,3-5,8-13H2,1-2H3,(H7-,33,34,35,36,37,40,41,42,43,45,46,47,48)/p+1/t21-,27-/m1/s1. The summed E-state index contributed by atoms with van der Waals surface area (Å²) in [6.07, 6.45) is 2.77. The number of thiazole rings is 1. The second-order valence-electron chi connectivity index (χ2n) is 12.8. The number of phenols is 2. The number of aliphatic carboxylic acids is 2. The summed E-state index contributed by atoms with van der Waals surface area (Å²) < 4.78 is 0.470. The maximum Gasteiger partial charge on any atom is 0.352 e. The van der Waals surface area contributed by atoms with Crippen molar-refractivity contribution in [3.8, 4) is 11.5 Å². The Balaban J connectivity index is 1.31. The number of thioether (sulfide) groups is 1. The first-order valence-electron chi connectivity index (χ1n) is 15.8. The van der Waals surface area contributed by atoms with E-state index in [9.17, 15) is 44.4 Å². The predicted octanol–water partition coefficient (Wildman–Crippen LogP) is 1.54. The SMILES string of the molecule is CC(C)(O/N=C(\C(=O)N[C@@H]1C(=O)N2C(C(=O)O)=C(C[N+]3(CCNC(=O)c4ccc(O)c(O)c4Cl)CCCCC3)CS[C@H]12)c1csc(N)n1)C(=O)O. The Bertz CT molecular complexity index is 1820. The number of nitrogens with two attached hydrogens (primary N) is 1. The van der Waals surface area contributed by atoms with Crippen molar-refractivity contribution in [3.05, 3.63) is 45.1 Å². The zero-order valence-corrected chi connectivity index (χ0v) is 29.9. The van der Waals surface area contributed by atoms with Crippen molar-refractivity contribution in [2.24, 2.45) is 5.16 Å². The fourth-order valence-electron chi connectivity index (χ4n) is 6.09. The lowest BCUT2D eigenvalue weighted by atomic mass is 10.00. The van der Waals surface area contributed by atoms with Gasteiger partial charge in [-0.25, -0.2) is 14.6 Å². The molecule has 1 aromatic heterocycles. The number of carbonyl (C=O) groups is 5. The lowest BCUT2D eigenvalue weighted by Crippen LogP contribution is -2.71. The fourth-order valence-corrected chi connectivity index (χ4v) is 8.22. The van der Waals surface area contributed by atoms with E-state index in [1.165, 1.54) is 42.0 Å². The van der Waals surface area contributed by atoms with Crippen LogP contribution in [0.5, 0.6) is 11.5 Å². The largest absolute Gasteiger partial charge is 0.504 e. The number of nitrogen functional groups attached to an aromatic ring is 1. The second-order valence-corrected chi connectivity index (χ2v) is 15.2. The number of likely N-dealkylation sites (tertiary alicyclic amines) is 1. The number of carbonyl (C=O) groups excluding carboxylic acids is 3. The number of anilines is 1. The van der Waals surface area contributed by atoms with Gasteiger partial charge in [0.05, 0.1) is 36.8 Å². The van der Waals surface area contributed by atoms with Crippen molar-refractivity contribution in [1.29, 1.82) is 0 Å². The van der Waals surface area contributed by atoms with Crippen LogP contribution in [0.3, 0.4) is 0 Å². The topological polar surface area (TPSA) is 254 Å². The number of phenolic OH excluding ortho intramolecular Hbond substituents is 2. The van der Waals surface area contributed by atoms with Crippen molar-refractivity contribution in [2.75, 3.05) is 44.2 Å². The molecule has 3 amide bonds. The molecule has 2 aromatic rings. The Morgan fingerprint density at radius 2 is 1.88 bits per heavy atom. The van der Waals surface area contributed by atoms with Crippen LogP contribution in [0.4, 0.5) is 5.13 Å². The maximum absolute atomic E-state index is 13.5. The Labute approximate surface area is 304 Å². The number of hydrogen-bond donors (Lipinski definition) is 7. The molecule has 3 aliphatic rings. The van der Waals surface area contributed by atoms with Gasteiger partial charge >= 0.3 is 11.9 Å². The van der Waals surface area contributed by atoms with Crippen molar-refractivity contribution >= 4 is 75.2 Å². The Morgan fingerprint density at radius 1 is 1.18 bits per heavy atom. The summed E-state index contributed by atoms with van der Waals surface area (Å²) in [5, 5.41) is 48.9. The molecule has 4 heterocycles. The second kappa shape index (κ2) is 14.9. The van der Waals surface area contributed by atoms with Gasteiger partial charge in [-0.3, -0.25) is 19.3 Å². The van der Waals surface area contributed by atoms with E-state index in [1.54, 1.807) is 0 Å². The monoisotopic (exact) mass is 766 g/mol. The summed E-state index contributed by atoms with van der Waals surface area (Å²) in [5.74, 6) is -5.50. The third kappa shape index (κ3) is 7.85. The van der Waals surface area contributed by atoms with Crippen molar-refractivity contribution in [2.45, 2.75) is 50.1 Å². The van der Waals surface area contributed by atoms with Crippen LogP contribution >= 0.6 is 34.7 Å². The van der Waals surface area contributed by atoms with E-state index in [2.05, 4.69) is 20.8 Å². The molecule has 1 aromatic carbocycles. The molecule has 0 unspecified atom stereocenters. The first-order chi connectivity index (χ1) is 24.0. The highest BCUT2D eigenvalue weighted by Crippen LogP contribution is 2.41. The molecule has 274 valence electrons. The van der Waals surface area contributed by atoms with Crippen LogP contribution < -0.4 is 16.4 Å². The number of rotatable bonds is 13. The Hall–Kier alpha value is -4.59. The zero-order valence-electron chi connectivity index (χ0n) is 27.5. The lowest BCUT2D eigenvalue weighted by molar-refractivity contribution is -0.927. The average Bonchev–Trinajstić information content (AvgIpc) is 3.51. The number of aromatic nitrogens is 1. The number of nitrogens with zero attached hydrogens (tertiary/aromatic N) is 4. The number of carboxylic acids is 2. The van der Waals surface area contributed by atoms with Gasteiger partial charge in [0.15, 0.2) is 22.3 Å². The number of amides is 3. The van der Waals surface area contributed by atoms with Crippen LogP contribution in [-0.2, 0) is 24.0 Å². The number of aromatic hydroxyl groups is 2. The van der Waals surface area contributed by atoms with Gasteiger partial charge in [-0.1, -0.05) is 16.8 Å². The van der Waals surface area contributed by atoms with Gasteiger partial charge in [0, 0.05) is 16.7 Å². The molecule has 2 saturated heterocycles. The van der Waals surface area contributed by atoms with Crippen LogP contribution in [0.25, 0.3) is 0 Å². The minimum atomic E-state index is -1.79. The number of piperidine rings is 1. The number of fused-ring (bicyclic) bond motifs is 1. The minimum Gasteiger partial charge on any atom is -0.504 e. The van der Waals surface area contributed by atoms with E-state index in [4.69, 9.17) is 22.2 Å². The molecular formula is C31H37ClN7O10S2+. The number of quaternary nitrogens is 1. The number of oxime groups is 1. The molecule has 2 atom stereocenters. The van der Waals surface area contributed by atoms with Gasteiger partial charge in [-0.15, -0.1) is 23.1 Å². The van der Waals surface area contributed by atoms with Gasteiger partial charge in [0.2, 0.25) is 5.60 Å². The van der Waals surface area contributed by atoms with Crippen LogP contribution in [0.15, 0.2) is 33.9 Å². The summed E-state index contributed by atoms with van der Waals surface area (Å²) in [5.41, 5.74) is 3.91. The number of carboxylic acid groups (broad SMARTS) is 2. The van der Waals surface area contributed by atoms with E-state index in [1.807, 2.05) is 0 Å². The quantitative estimate of drug-likeness (QED) is 0.0503. The molecule has 17 nitrogen and oxygen atoms in total. The molecule has 51 heavy (non-hydrogen) atoms. The van der Waals surface area contributed by atoms with Crippen molar-refractivity contribution < 1.29 is 53.7 Å². The smallest absolute Gasteiger partial charge is 0.352 e. The normalized spacial score (nSPS) is 20.3. The molecule has 3 aliphatic heterocycles. The first-order valence-corrected chi connectivity index (χ1v) is 18.1. The molecule has 0 radical (unpaired) electrons. The van der Waals surface area contributed by atoms with Crippen LogP contribution in [0.2, 0.25) is 5.02 Å². The molecule has 5 rings (SSSR count). The van der Waals surface area contributed by atoms with E-state index in [-0.39, 0.29) is 39.4 Å². The molecule has 8 N–H and O–H groups in total. The first kappa shape index (κ1) is 37.7. The van der Waals surface area contributed by atoms with E-state index < -0.39 is 63.9 Å². The lowest BCUT2D eigenvalue weighted by Gasteiger charge is -2.50. The number of hydrogen-bond acceptors (Lipinski definition) is 13. The van der Waals surface area contributed by atoms with Gasteiger partial charge in [-0.2, -0.15) is 0 Å². The van der Waals surface area contributed by atoms with Gasteiger partial charge in [-0.05, 0) is 45.2 Å². The van der Waals surface area contributed by atoms with E-state index in [0.29, 0.717) is 23.1 Å². The number of nitrogens with one attached hydrogen (secondary N) is 2. The average molecular weight is 767 g/mol. The zero-order chi connectivity index (χ0) is 37.2. The van der Waals surface area contributed by atoms with Gasteiger partial charge in [0.1, 0.15) is 29.4 Å². The molecule has 0 aliphatic carbocycles. The Kier molecular flexibility index (Phi) is 11.0. The van der Waals surface area contributed by atoms with Gasteiger partial charge in [0.25, 0.3) is 17.7 Å². The molecular weight excluding hydrogens is 730 g/mol. The number of halogens is 1. The van der Waals surface area contributed by atoms with E-state index in [0.717, 1.165) is 49.8 Å².